The summed E-state index contributed by atoms with van der Waals surface area (Å²) in [6.07, 6.45) is -1.31. The predicted molar refractivity (Wildman–Crippen MR) is 105 cm³/mol. The Balaban J connectivity index is 1.82. The van der Waals surface area contributed by atoms with Crippen molar-refractivity contribution in [2.45, 2.75) is 24.9 Å². The van der Waals surface area contributed by atoms with Crippen LogP contribution in [0, 0.1) is 5.95 Å². The molecule has 1 fully saturated rings. The summed E-state index contributed by atoms with van der Waals surface area (Å²) in [5.41, 5.74) is 1.60. The first-order chi connectivity index (χ1) is 14.3. The molecule has 0 N–H and O–H groups in total. The second kappa shape index (κ2) is 8.10. The number of alkyl halides is 3. The van der Waals surface area contributed by atoms with Crippen LogP contribution >= 0.6 is 0 Å². The van der Waals surface area contributed by atoms with Crippen LogP contribution in [0.25, 0.3) is 22.4 Å². The molecule has 1 aliphatic rings. The third-order valence-electron chi connectivity index (χ3n) is 5.45. The van der Waals surface area contributed by atoms with E-state index in [1.807, 2.05) is 6.07 Å². The van der Waals surface area contributed by atoms with Crippen molar-refractivity contribution in [3.05, 3.63) is 65.9 Å². The number of aromatic nitrogens is 3. The van der Waals surface area contributed by atoms with Crippen molar-refractivity contribution >= 4 is 0 Å². The fourth-order valence-electron chi connectivity index (χ4n) is 3.76. The second-order valence-corrected chi connectivity index (χ2v) is 7.55. The van der Waals surface area contributed by atoms with Gasteiger partial charge in [-0.15, -0.1) is 5.10 Å². The van der Waals surface area contributed by atoms with Crippen molar-refractivity contribution < 1.29 is 17.6 Å². The van der Waals surface area contributed by atoms with Crippen molar-refractivity contribution in [3.8, 4) is 22.4 Å². The average molecular weight is 416 g/mol. The normalized spacial score (nSPS) is 16.0. The standard InChI is InChI=1S/C22H20F4N4/c1-30-9-6-14(7-10-30)19-13-18(15-5-8-27-20(23)12-15)21(29-28-19)16-3-2-4-17(11-16)22(24,25)26/h2-5,8,11-14H,6-7,9-10H2,1H3. The topological polar surface area (TPSA) is 41.9 Å². The van der Waals surface area contributed by atoms with E-state index >= 15 is 0 Å². The van der Waals surface area contributed by atoms with E-state index in [-0.39, 0.29) is 17.2 Å². The highest BCUT2D eigenvalue weighted by Crippen LogP contribution is 2.37. The fraction of sp³-hybridized carbons (Fsp3) is 0.318. The Morgan fingerprint density at radius 3 is 2.43 bits per heavy atom. The molecule has 4 nitrogen and oxygen atoms in total. The minimum Gasteiger partial charge on any atom is -0.306 e. The van der Waals surface area contributed by atoms with Crippen LogP contribution in [0.15, 0.2) is 48.7 Å². The van der Waals surface area contributed by atoms with E-state index in [4.69, 9.17) is 0 Å². The van der Waals surface area contributed by atoms with Crippen LogP contribution in [0.4, 0.5) is 17.6 Å². The number of pyridine rings is 1. The summed E-state index contributed by atoms with van der Waals surface area (Å²) >= 11 is 0. The van der Waals surface area contributed by atoms with Gasteiger partial charge >= 0.3 is 6.18 Å². The maximum atomic E-state index is 13.8. The fourth-order valence-corrected chi connectivity index (χ4v) is 3.76. The highest BCUT2D eigenvalue weighted by Gasteiger charge is 2.31. The summed E-state index contributed by atoms with van der Waals surface area (Å²) in [5, 5.41) is 8.64. The van der Waals surface area contributed by atoms with E-state index in [1.54, 1.807) is 12.1 Å². The Morgan fingerprint density at radius 2 is 1.73 bits per heavy atom. The second-order valence-electron chi connectivity index (χ2n) is 7.55. The molecule has 8 heteroatoms. The summed E-state index contributed by atoms with van der Waals surface area (Å²) < 4.78 is 53.4. The number of benzene rings is 1. The first-order valence-electron chi connectivity index (χ1n) is 9.67. The summed E-state index contributed by atoms with van der Waals surface area (Å²) in [7, 11) is 2.06. The molecule has 1 saturated heterocycles. The Morgan fingerprint density at radius 1 is 0.967 bits per heavy atom. The van der Waals surface area contributed by atoms with Crippen LogP contribution in [0.1, 0.15) is 30.0 Å². The van der Waals surface area contributed by atoms with E-state index in [2.05, 4.69) is 27.1 Å². The van der Waals surface area contributed by atoms with Crippen LogP contribution in [0.3, 0.4) is 0 Å². The molecule has 1 aromatic carbocycles. The molecule has 2 aromatic heterocycles. The highest BCUT2D eigenvalue weighted by molar-refractivity contribution is 5.80. The van der Waals surface area contributed by atoms with E-state index in [0.29, 0.717) is 11.1 Å². The molecule has 1 aliphatic heterocycles. The predicted octanol–water partition coefficient (Wildman–Crippen LogP) is 5.17. The van der Waals surface area contributed by atoms with Gasteiger partial charge in [0.1, 0.15) is 5.69 Å². The number of hydrogen-bond donors (Lipinski definition) is 0. The number of piperidine rings is 1. The molecular weight excluding hydrogens is 396 g/mol. The lowest BCUT2D eigenvalue weighted by atomic mass is 9.91. The minimum atomic E-state index is -4.47. The molecule has 3 aromatic rings. The van der Waals surface area contributed by atoms with E-state index < -0.39 is 17.7 Å². The van der Waals surface area contributed by atoms with Gasteiger partial charge < -0.3 is 4.90 Å². The molecular formula is C22H20F4N4. The van der Waals surface area contributed by atoms with Crippen LogP contribution in [0.2, 0.25) is 0 Å². The van der Waals surface area contributed by atoms with Crippen LogP contribution in [0.5, 0.6) is 0 Å². The van der Waals surface area contributed by atoms with Crippen LogP contribution in [-0.2, 0) is 6.18 Å². The SMILES string of the molecule is CN1CCC(c2cc(-c3ccnc(F)c3)c(-c3cccc(C(F)(F)F)c3)nn2)CC1. The highest BCUT2D eigenvalue weighted by atomic mass is 19.4. The molecule has 0 radical (unpaired) electrons. The van der Waals surface area contributed by atoms with Gasteiger partial charge in [0.15, 0.2) is 0 Å². The van der Waals surface area contributed by atoms with Crippen LogP contribution in [-0.4, -0.2) is 40.2 Å². The minimum absolute atomic E-state index is 0.203. The lowest BCUT2D eigenvalue weighted by Crippen LogP contribution is -2.29. The molecule has 0 spiro atoms. The van der Waals surface area contributed by atoms with E-state index in [1.165, 1.54) is 18.3 Å². The van der Waals surface area contributed by atoms with Gasteiger partial charge in [-0.2, -0.15) is 22.7 Å². The first kappa shape index (κ1) is 20.4. The van der Waals surface area contributed by atoms with E-state index in [9.17, 15) is 17.6 Å². The summed E-state index contributed by atoms with van der Waals surface area (Å²) in [4.78, 5) is 5.81. The Bertz CT molecular complexity index is 1040. The van der Waals surface area contributed by atoms with Crippen LogP contribution < -0.4 is 0 Å². The zero-order chi connectivity index (χ0) is 21.3. The number of likely N-dealkylation sites (tertiary alicyclic amines) is 1. The third-order valence-corrected chi connectivity index (χ3v) is 5.45. The van der Waals surface area contributed by atoms with Crippen molar-refractivity contribution in [3.63, 3.8) is 0 Å². The molecule has 0 saturated carbocycles. The lowest BCUT2D eigenvalue weighted by Gasteiger charge is -2.28. The summed E-state index contributed by atoms with van der Waals surface area (Å²) in [6, 6.07) is 9.64. The van der Waals surface area contributed by atoms with Gasteiger partial charge in [0, 0.05) is 29.3 Å². The largest absolute Gasteiger partial charge is 0.416 e. The van der Waals surface area contributed by atoms with Crippen molar-refractivity contribution in [1.29, 1.82) is 0 Å². The van der Waals surface area contributed by atoms with Gasteiger partial charge in [-0.05, 0) is 62.8 Å². The first-order valence-corrected chi connectivity index (χ1v) is 9.67. The monoisotopic (exact) mass is 416 g/mol. The molecule has 0 amide bonds. The van der Waals surface area contributed by atoms with Gasteiger partial charge in [0.05, 0.1) is 11.3 Å². The maximum Gasteiger partial charge on any atom is 0.416 e. The van der Waals surface area contributed by atoms with Gasteiger partial charge in [-0.3, -0.25) is 0 Å². The van der Waals surface area contributed by atoms with E-state index in [0.717, 1.165) is 43.8 Å². The number of halogens is 4. The quantitative estimate of drug-likeness (QED) is 0.436. The zero-order valence-electron chi connectivity index (χ0n) is 16.3. The van der Waals surface area contributed by atoms with Crippen molar-refractivity contribution in [2.24, 2.45) is 0 Å². The number of rotatable bonds is 3. The molecule has 0 atom stereocenters. The molecule has 0 aliphatic carbocycles. The van der Waals surface area contributed by atoms with Crippen molar-refractivity contribution in [2.75, 3.05) is 20.1 Å². The number of nitrogens with zero attached hydrogens (tertiary/aromatic N) is 4. The van der Waals surface area contributed by atoms with Gasteiger partial charge in [-0.1, -0.05) is 12.1 Å². The summed E-state index contributed by atoms with van der Waals surface area (Å²) in [5.74, 6) is -0.463. The third kappa shape index (κ3) is 4.33. The average Bonchev–Trinajstić information content (AvgIpc) is 2.73. The summed E-state index contributed by atoms with van der Waals surface area (Å²) in [6.45, 7) is 1.86. The van der Waals surface area contributed by atoms with Crippen molar-refractivity contribution in [1.82, 2.24) is 20.1 Å². The van der Waals surface area contributed by atoms with Gasteiger partial charge in [0.2, 0.25) is 5.95 Å². The molecule has 30 heavy (non-hydrogen) atoms. The smallest absolute Gasteiger partial charge is 0.306 e. The van der Waals surface area contributed by atoms with Gasteiger partial charge in [0.25, 0.3) is 0 Å². The molecule has 0 bridgehead atoms. The molecule has 156 valence electrons. The zero-order valence-corrected chi connectivity index (χ0v) is 16.3. The lowest BCUT2D eigenvalue weighted by molar-refractivity contribution is -0.137. The maximum absolute atomic E-state index is 13.8. The molecule has 3 heterocycles. The Kier molecular flexibility index (Phi) is 5.51. The molecule has 4 rings (SSSR count). The molecule has 0 unspecified atom stereocenters. The van der Waals surface area contributed by atoms with Gasteiger partial charge in [-0.25, -0.2) is 4.98 Å². The Labute approximate surface area is 171 Å². The number of hydrogen-bond acceptors (Lipinski definition) is 4. The Hall–Kier alpha value is -2.87.